The second-order valence-corrected chi connectivity index (χ2v) is 6.19. The van der Waals surface area contributed by atoms with E-state index < -0.39 is 6.10 Å². The molecule has 0 aromatic heterocycles. The molecule has 0 heterocycles. The Morgan fingerprint density at radius 3 is 2.67 bits per heavy atom. The maximum absolute atomic E-state index is 10.4. The number of benzene rings is 2. The van der Waals surface area contributed by atoms with E-state index in [0.717, 1.165) is 34.9 Å². The van der Waals surface area contributed by atoms with Gasteiger partial charge in [0, 0.05) is 18.1 Å². The molecule has 0 aliphatic rings. The Bertz CT molecular complexity index is 728. The van der Waals surface area contributed by atoms with Gasteiger partial charge in [0.05, 0.1) is 19.8 Å². The molecule has 7 heteroatoms. The van der Waals surface area contributed by atoms with Gasteiger partial charge in [-0.05, 0) is 42.7 Å². The Morgan fingerprint density at radius 2 is 1.96 bits per heavy atom. The van der Waals surface area contributed by atoms with Crippen LogP contribution in [0.1, 0.15) is 24.2 Å². The molecular formula is C20H27ClIN3O2. The number of aliphatic hydroxyl groups is 1. The van der Waals surface area contributed by atoms with Crippen LogP contribution in [0.2, 0.25) is 5.02 Å². The van der Waals surface area contributed by atoms with Crippen molar-refractivity contribution in [1.82, 2.24) is 10.6 Å². The van der Waals surface area contributed by atoms with Crippen LogP contribution < -0.4 is 15.4 Å². The second-order valence-electron chi connectivity index (χ2n) is 5.78. The molecule has 0 aliphatic heterocycles. The summed E-state index contributed by atoms with van der Waals surface area (Å²) in [6.45, 7) is 3.70. The minimum Gasteiger partial charge on any atom is -0.497 e. The van der Waals surface area contributed by atoms with Crippen molar-refractivity contribution in [2.45, 2.75) is 19.4 Å². The second kappa shape index (κ2) is 12.8. The van der Waals surface area contributed by atoms with Gasteiger partial charge in [-0.1, -0.05) is 41.9 Å². The molecule has 3 N–H and O–H groups in total. The Morgan fingerprint density at radius 1 is 1.19 bits per heavy atom. The molecule has 5 nitrogen and oxygen atoms in total. The maximum Gasteiger partial charge on any atom is 0.191 e. The van der Waals surface area contributed by atoms with Crippen LogP contribution in [0.25, 0.3) is 0 Å². The molecule has 0 radical (unpaired) electrons. The molecule has 0 fully saturated rings. The fourth-order valence-corrected chi connectivity index (χ4v) is 2.72. The fraction of sp³-hybridized carbons (Fsp3) is 0.350. The Labute approximate surface area is 183 Å². The first-order chi connectivity index (χ1) is 12.6. The van der Waals surface area contributed by atoms with E-state index in [0.29, 0.717) is 12.5 Å². The zero-order valence-corrected chi connectivity index (χ0v) is 18.7. The van der Waals surface area contributed by atoms with Gasteiger partial charge in [0.25, 0.3) is 0 Å². The lowest BCUT2D eigenvalue weighted by Crippen LogP contribution is -2.38. The molecular weight excluding hydrogens is 477 g/mol. The van der Waals surface area contributed by atoms with Gasteiger partial charge in [-0.25, -0.2) is 0 Å². The summed E-state index contributed by atoms with van der Waals surface area (Å²) in [6, 6.07) is 15.2. The highest BCUT2D eigenvalue weighted by Gasteiger charge is 2.09. The molecule has 0 saturated heterocycles. The lowest BCUT2D eigenvalue weighted by molar-refractivity contribution is 0.186. The molecule has 148 valence electrons. The van der Waals surface area contributed by atoms with Crippen LogP contribution in [0.4, 0.5) is 0 Å². The highest BCUT2D eigenvalue weighted by Crippen LogP contribution is 2.19. The van der Waals surface area contributed by atoms with E-state index in [1.165, 1.54) is 0 Å². The summed E-state index contributed by atoms with van der Waals surface area (Å²) in [7, 11) is 1.61. The van der Waals surface area contributed by atoms with Crippen molar-refractivity contribution in [3.8, 4) is 5.75 Å². The van der Waals surface area contributed by atoms with Crippen molar-refractivity contribution in [3.63, 3.8) is 0 Å². The van der Waals surface area contributed by atoms with Crippen molar-refractivity contribution >= 4 is 41.5 Å². The molecule has 1 atom stereocenters. The monoisotopic (exact) mass is 503 g/mol. The minimum atomic E-state index is -0.691. The third-order valence-corrected chi connectivity index (χ3v) is 4.26. The predicted octanol–water partition coefficient (Wildman–Crippen LogP) is 3.80. The number of ether oxygens (including phenoxy) is 1. The fourth-order valence-electron chi connectivity index (χ4n) is 2.49. The number of guanidine groups is 1. The van der Waals surface area contributed by atoms with E-state index in [-0.39, 0.29) is 30.5 Å². The number of rotatable bonds is 8. The molecule has 27 heavy (non-hydrogen) atoms. The first-order valence-electron chi connectivity index (χ1n) is 8.71. The highest BCUT2D eigenvalue weighted by atomic mass is 127. The van der Waals surface area contributed by atoms with Crippen LogP contribution in [0.15, 0.2) is 53.5 Å². The number of hydrogen-bond acceptors (Lipinski definition) is 3. The van der Waals surface area contributed by atoms with Crippen molar-refractivity contribution in [3.05, 3.63) is 64.7 Å². The molecule has 2 rings (SSSR count). The number of methoxy groups -OCH3 is 1. The van der Waals surface area contributed by atoms with Gasteiger partial charge in [0.15, 0.2) is 5.96 Å². The molecule has 1 unspecified atom stereocenters. The van der Waals surface area contributed by atoms with Crippen LogP contribution in [-0.2, 0) is 6.42 Å². The summed E-state index contributed by atoms with van der Waals surface area (Å²) in [5.74, 6) is 1.39. The normalized spacial score (nSPS) is 12.1. The summed E-state index contributed by atoms with van der Waals surface area (Å²) in [6.07, 6.45) is 0.104. The van der Waals surface area contributed by atoms with Gasteiger partial charge in [0.2, 0.25) is 0 Å². The Balaban J connectivity index is 0.00000364. The van der Waals surface area contributed by atoms with E-state index >= 15 is 0 Å². The first kappa shape index (κ1) is 23.5. The van der Waals surface area contributed by atoms with Crippen molar-refractivity contribution in [1.29, 1.82) is 0 Å². The van der Waals surface area contributed by atoms with E-state index in [2.05, 4.69) is 15.6 Å². The highest BCUT2D eigenvalue weighted by molar-refractivity contribution is 14.0. The van der Waals surface area contributed by atoms with E-state index in [1.54, 1.807) is 7.11 Å². The average Bonchev–Trinajstić information content (AvgIpc) is 2.67. The van der Waals surface area contributed by atoms with Gasteiger partial charge in [-0.3, -0.25) is 4.99 Å². The Hall–Kier alpha value is -1.51. The van der Waals surface area contributed by atoms with Gasteiger partial charge >= 0.3 is 0 Å². The van der Waals surface area contributed by atoms with Crippen molar-refractivity contribution < 1.29 is 9.84 Å². The van der Waals surface area contributed by atoms with Gasteiger partial charge in [0.1, 0.15) is 5.75 Å². The number of halogens is 2. The largest absolute Gasteiger partial charge is 0.497 e. The molecule has 0 saturated carbocycles. The van der Waals surface area contributed by atoms with E-state index in [4.69, 9.17) is 16.3 Å². The van der Waals surface area contributed by atoms with Crippen LogP contribution in [0.5, 0.6) is 5.75 Å². The van der Waals surface area contributed by atoms with E-state index in [1.807, 2.05) is 55.5 Å². The maximum atomic E-state index is 10.4. The molecule has 2 aromatic carbocycles. The Kier molecular flexibility index (Phi) is 11.2. The number of nitrogens with one attached hydrogen (secondary N) is 2. The SMILES string of the molecule is CCNC(=NCC(O)c1cccc(OC)c1)NCCc1ccccc1Cl.I. The van der Waals surface area contributed by atoms with E-state index in [9.17, 15) is 5.11 Å². The van der Waals surface area contributed by atoms with Gasteiger partial charge in [-0.15, -0.1) is 24.0 Å². The van der Waals surface area contributed by atoms with Crippen molar-refractivity contribution in [2.24, 2.45) is 4.99 Å². The summed E-state index contributed by atoms with van der Waals surface area (Å²) < 4.78 is 5.19. The molecule has 2 aromatic rings. The lowest BCUT2D eigenvalue weighted by Gasteiger charge is -2.14. The number of aliphatic hydroxyl groups excluding tert-OH is 1. The average molecular weight is 504 g/mol. The van der Waals surface area contributed by atoms with Gasteiger partial charge in [-0.2, -0.15) is 0 Å². The number of aliphatic imine (C=N–C) groups is 1. The van der Waals surface area contributed by atoms with Crippen LogP contribution >= 0.6 is 35.6 Å². The topological polar surface area (TPSA) is 65.9 Å². The summed E-state index contributed by atoms with van der Waals surface area (Å²) in [5.41, 5.74) is 1.87. The first-order valence-corrected chi connectivity index (χ1v) is 9.09. The standard InChI is InChI=1S/C20H26ClN3O2.HI/c1-3-22-20(23-12-11-15-7-4-5-10-18(15)21)24-14-19(25)16-8-6-9-17(13-16)26-2;/h4-10,13,19,25H,3,11-12,14H2,1-2H3,(H2,22,23,24);1H. The summed E-state index contributed by atoms with van der Waals surface area (Å²) in [4.78, 5) is 4.47. The van der Waals surface area contributed by atoms with Crippen LogP contribution in [0.3, 0.4) is 0 Å². The zero-order chi connectivity index (χ0) is 18.8. The quantitative estimate of drug-likeness (QED) is 0.291. The number of hydrogen-bond donors (Lipinski definition) is 3. The minimum absolute atomic E-state index is 0. The lowest BCUT2D eigenvalue weighted by atomic mass is 10.1. The van der Waals surface area contributed by atoms with Crippen LogP contribution in [-0.4, -0.2) is 37.8 Å². The predicted molar refractivity (Wildman–Crippen MR) is 123 cm³/mol. The smallest absolute Gasteiger partial charge is 0.191 e. The zero-order valence-electron chi connectivity index (χ0n) is 15.6. The molecule has 0 amide bonds. The van der Waals surface area contributed by atoms with Crippen molar-refractivity contribution in [2.75, 3.05) is 26.7 Å². The summed E-state index contributed by atoms with van der Waals surface area (Å²) in [5, 5.41) is 17.6. The summed E-state index contributed by atoms with van der Waals surface area (Å²) >= 11 is 6.18. The van der Waals surface area contributed by atoms with Crippen LogP contribution in [0, 0.1) is 0 Å². The molecule has 0 aliphatic carbocycles. The molecule has 0 spiro atoms. The molecule has 0 bridgehead atoms. The third-order valence-electron chi connectivity index (χ3n) is 3.89. The number of nitrogens with zero attached hydrogens (tertiary/aromatic N) is 1. The third kappa shape index (κ3) is 7.94. The van der Waals surface area contributed by atoms with Gasteiger partial charge < -0.3 is 20.5 Å².